The van der Waals surface area contributed by atoms with E-state index < -0.39 is 0 Å². The van der Waals surface area contributed by atoms with Crippen LogP contribution in [-0.4, -0.2) is 39.3 Å². The number of hydrogen-bond acceptors (Lipinski definition) is 4. The molecule has 174 valence electrons. The first-order chi connectivity index (χ1) is 16.6. The van der Waals surface area contributed by atoms with Gasteiger partial charge >= 0.3 is 0 Å². The van der Waals surface area contributed by atoms with E-state index in [9.17, 15) is 9.59 Å². The number of rotatable bonds is 7. The summed E-state index contributed by atoms with van der Waals surface area (Å²) in [5, 5.41) is 6.18. The Bertz CT molecular complexity index is 1290. The van der Waals surface area contributed by atoms with Gasteiger partial charge in [0.25, 0.3) is 11.8 Å². The topological polar surface area (TPSA) is 88.4 Å². The van der Waals surface area contributed by atoms with E-state index >= 15 is 0 Å². The van der Waals surface area contributed by atoms with E-state index in [1.165, 1.54) is 32.1 Å². The first-order valence-corrected chi connectivity index (χ1v) is 12.5. The summed E-state index contributed by atoms with van der Waals surface area (Å²) in [6.45, 7) is 1.27. The molecule has 0 saturated heterocycles. The Morgan fingerprint density at radius 1 is 0.971 bits per heavy atom. The quantitative estimate of drug-likeness (QED) is 0.572. The fraction of sp³-hybridized carbons (Fsp3) is 0.481. The first kappa shape index (κ1) is 20.2. The average molecular weight is 456 g/mol. The molecule has 3 atom stereocenters. The predicted molar refractivity (Wildman–Crippen MR) is 126 cm³/mol. The Balaban J connectivity index is 1.03. The van der Waals surface area contributed by atoms with Crippen LogP contribution in [0.4, 0.5) is 0 Å². The minimum absolute atomic E-state index is 0.0890. The van der Waals surface area contributed by atoms with Gasteiger partial charge in [-0.05, 0) is 96.9 Å². The van der Waals surface area contributed by atoms with Crippen LogP contribution in [-0.2, 0) is 6.42 Å². The van der Waals surface area contributed by atoms with Gasteiger partial charge in [0.15, 0.2) is 0 Å². The highest BCUT2D eigenvalue weighted by atomic mass is 16.2. The van der Waals surface area contributed by atoms with Crippen LogP contribution in [0.2, 0.25) is 0 Å². The molecule has 2 N–H and O–H groups in total. The van der Waals surface area contributed by atoms with Crippen LogP contribution in [0.5, 0.6) is 0 Å². The monoisotopic (exact) mass is 455 g/mol. The third-order valence-electron chi connectivity index (χ3n) is 9.36. The van der Waals surface area contributed by atoms with Crippen LogP contribution in [0, 0.1) is 28.6 Å². The molecule has 0 aromatic carbocycles. The lowest BCUT2D eigenvalue weighted by Crippen LogP contribution is -2.58. The molecule has 6 aliphatic rings. The molecule has 6 aliphatic carbocycles. The predicted octanol–water partition coefficient (Wildman–Crippen LogP) is 3.26. The number of carbonyl (C=O) groups is 2. The summed E-state index contributed by atoms with van der Waals surface area (Å²) in [6, 6.07) is 9.33. The second-order valence-electron chi connectivity index (χ2n) is 11.1. The van der Waals surface area contributed by atoms with Crippen molar-refractivity contribution in [3.05, 3.63) is 65.9 Å². The van der Waals surface area contributed by atoms with Crippen molar-refractivity contribution in [3.63, 3.8) is 0 Å². The van der Waals surface area contributed by atoms with Crippen molar-refractivity contribution in [2.75, 3.05) is 13.1 Å². The molecule has 6 saturated carbocycles. The molecular formula is C27H29N5O2. The maximum Gasteiger partial charge on any atom is 0.271 e. The second-order valence-corrected chi connectivity index (χ2v) is 11.1. The highest BCUT2D eigenvalue weighted by molar-refractivity contribution is 5.95. The molecule has 1 spiro atoms. The van der Waals surface area contributed by atoms with Gasteiger partial charge in [0.05, 0.1) is 0 Å². The summed E-state index contributed by atoms with van der Waals surface area (Å²) < 4.78 is 1.73. The molecular weight excluding hydrogens is 426 g/mol. The Morgan fingerprint density at radius 3 is 2.56 bits per heavy atom. The summed E-state index contributed by atoms with van der Waals surface area (Å²) in [6.07, 6.45) is 12.6. The SMILES string of the molecule is O=C(NCCc1ccncc1)c1cn2c(C(=O)NCC34CC5CC(C3)C53CC3C4)cccc2n1. The number of fused-ring (bicyclic) bond motifs is 1. The Kier molecular flexibility index (Phi) is 4.24. The molecule has 6 fully saturated rings. The highest BCUT2D eigenvalue weighted by Gasteiger charge is 2.77. The van der Waals surface area contributed by atoms with E-state index in [1.807, 2.05) is 24.3 Å². The number of nitrogens with one attached hydrogen (secondary N) is 2. The summed E-state index contributed by atoms with van der Waals surface area (Å²) >= 11 is 0. The zero-order valence-electron chi connectivity index (χ0n) is 19.2. The first-order valence-electron chi connectivity index (χ1n) is 12.5. The molecule has 34 heavy (non-hydrogen) atoms. The number of pyridine rings is 2. The summed E-state index contributed by atoms with van der Waals surface area (Å²) in [5.41, 5.74) is 3.60. The Labute approximate surface area is 198 Å². The van der Waals surface area contributed by atoms with Gasteiger partial charge in [-0.2, -0.15) is 0 Å². The van der Waals surface area contributed by atoms with Crippen molar-refractivity contribution in [1.82, 2.24) is 25.0 Å². The van der Waals surface area contributed by atoms with Gasteiger partial charge in [-0.25, -0.2) is 4.98 Å². The molecule has 9 rings (SSSR count). The fourth-order valence-corrected chi connectivity index (χ4v) is 7.79. The van der Waals surface area contributed by atoms with Gasteiger partial charge in [0.2, 0.25) is 0 Å². The van der Waals surface area contributed by atoms with E-state index in [1.54, 1.807) is 29.1 Å². The second kappa shape index (κ2) is 7.14. The fourth-order valence-electron chi connectivity index (χ4n) is 7.79. The number of hydrogen-bond donors (Lipinski definition) is 2. The van der Waals surface area contributed by atoms with Crippen LogP contribution < -0.4 is 10.6 Å². The van der Waals surface area contributed by atoms with Crippen molar-refractivity contribution < 1.29 is 9.59 Å². The number of aromatic nitrogens is 3. The van der Waals surface area contributed by atoms with Crippen molar-refractivity contribution in [2.45, 2.75) is 38.5 Å². The minimum Gasteiger partial charge on any atom is -0.350 e. The lowest BCUT2D eigenvalue weighted by molar-refractivity contribution is -0.136. The van der Waals surface area contributed by atoms with Crippen LogP contribution in [0.3, 0.4) is 0 Å². The lowest BCUT2D eigenvalue weighted by atomic mass is 9.42. The number of nitrogens with zero attached hydrogens (tertiary/aromatic N) is 3. The maximum atomic E-state index is 13.2. The van der Waals surface area contributed by atoms with E-state index in [4.69, 9.17) is 0 Å². The summed E-state index contributed by atoms with van der Waals surface area (Å²) in [5.74, 6) is 2.43. The van der Waals surface area contributed by atoms with Gasteiger partial charge in [-0.3, -0.25) is 19.0 Å². The van der Waals surface area contributed by atoms with Crippen LogP contribution in [0.1, 0.15) is 58.6 Å². The minimum atomic E-state index is -0.237. The number of carbonyl (C=O) groups excluding carboxylic acids is 2. The van der Waals surface area contributed by atoms with Crippen LogP contribution >= 0.6 is 0 Å². The molecule has 7 heteroatoms. The summed E-state index contributed by atoms with van der Waals surface area (Å²) in [7, 11) is 0. The van der Waals surface area contributed by atoms with Crippen molar-refractivity contribution >= 4 is 17.5 Å². The molecule has 3 aromatic heterocycles. The third kappa shape index (κ3) is 2.95. The number of imidazole rings is 1. The van der Waals surface area contributed by atoms with Gasteiger partial charge < -0.3 is 10.6 Å². The molecule has 3 heterocycles. The average Bonchev–Trinajstić information content (AvgIpc) is 3.47. The molecule has 3 aromatic rings. The van der Waals surface area contributed by atoms with Crippen LogP contribution in [0.15, 0.2) is 48.9 Å². The van der Waals surface area contributed by atoms with E-state index in [2.05, 4.69) is 20.6 Å². The third-order valence-corrected chi connectivity index (χ3v) is 9.36. The van der Waals surface area contributed by atoms with E-state index in [-0.39, 0.29) is 11.8 Å². The van der Waals surface area contributed by atoms with Crippen molar-refractivity contribution in [2.24, 2.45) is 28.6 Å². The highest BCUT2D eigenvalue weighted by Crippen LogP contribution is 2.84. The van der Waals surface area contributed by atoms with Crippen LogP contribution in [0.25, 0.3) is 5.65 Å². The van der Waals surface area contributed by atoms with Gasteiger partial charge in [-0.1, -0.05) is 6.07 Å². The van der Waals surface area contributed by atoms with Crippen molar-refractivity contribution in [3.8, 4) is 0 Å². The molecule has 2 amide bonds. The van der Waals surface area contributed by atoms with E-state index in [0.29, 0.717) is 29.0 Å². The van der Waals surface area contributed by atoms with Gasteiger partial charge in [0.1, 0.15) is 17.0 Å². The van der Waals surface area contributed by atoms with Crippen molar-refractivity contribution in [1.29, 1.82) is 0 Å². The Hall–Kier alpha value is -3.22. The molecule has 0 radical (unpaired) electrons. The zero-order valence-corrected chi connectivity index (χ0v) is 19.2. The molecule has 0 aliphatic heterocycles. The number of amides is 2. The summed E-state index contributed by atoms with van der Waals surface area (Å²) in [4.78, 5) is 34.3. The lowest BCUT2D eigenvalue weighted by Gasteiger charge is -2.63. The van der Waals surface area contributed by atoms with E-state index in [0.717, 1.165) is 41.7 Å². The van der Waals surface area contributed by atoms with Gasteiger partial charge in [0, 0.05) is 31.7 Å². The molecule has 7 nitrogen and oxygen atoms in total. The Morgan fingerprint density at radius 2 is 1.76 bits per heavy atom. The maximum absolute atomic E-state index is 13.2. The molecule has 4 bridgehead atoms. The van der Waals surface area contributed by atoms with Gasteiger partial charge in [-0.15, -0.1) is 0 Å². The smallest absolute Gasteiger partial charge is 0.271 e. The normalized spacial score (nSPS) is 32.1. The molecule has 3 unspecified atom stereocenters. The standard InChI is InChI=1S/C27H29N5O2/c33-24(29-9-6-17-4-7-28-8-5-17)21-15-32-22(2-1-3-23(32)31-21)25(34)30-16-26-11-18-10-19(12-26)27(18)14-20(27)13-26/h1-5,7-8,15,18-20H,6,9-14,16H2,(H,29,33)(H,30,34). The largest absolute Gasteiger partial charge is 0.350 e. The zero-order chi connectivity index (χ0) is 22.9.